The van der Waals surface area contributed by atoms with Gasteiger partial charge in [0.05, 0.1) is 16.5 Å². The Morgan fingerprint density at radius 1 is 1.02 bits per heavy atom. The van der Waals surface area contributed by atoms with E-state index in [1.165, 1.54) is 0 Å². The molecule has 4 aromatic rings. The summed E-state index contributed by atoms with van der Waals surface area (Å²) in [5.41, 5.74) is 6.40. The number of hydrogen-bond donors (Lipinski definition) is 2. The van der Waals surface area contributed by atoms with E-state index in [0.29, 0.717) is 30.2 Å². The molecule has 2 aliphatic heterocycles. The van der Waals surface area contributed by atoms with Gasteiger partial charge in [0.1, 0.15) is 16.7 Å². The molecule has 222 valence electrons. The van der Waals surface area contributed by atoms with Gasteiger partial charge in [-0.2, -0.15) is 0 Å². The van der Waals surface area contributed by atoms with E-state index in [0.717, 1.165) is 33.4 Å². The Labute approximate surface area is 253 Å². The highest BCUT2D eigenvalue weighted by Gasteiger charge is 2.40. The van der Waals surface area contributed by atoms with Crippen LogP contribution in [0.25, 0.3) is 22.4 Å². The molecule has 0 fully saturated rings. The first-order valence-corrected chi connectivity index (χ1v) is 15.3. The Kier molecular flexibility index (Phi) is 8.00. The normalized spacial score (nSPS) is 16.6. The van der Waals surface area contributed by atoms with Gasteiger partial charge in [-0.15, -0.1) is 0 Å². The van der Waals surface area contributed by atoms with E-state index in [1.54, 1.807) is 18.5 Å². The number of benzene rings is 2. The topological polar surface area (TPSA) is 114 Å². The highest BCUT2D eigenvalue weighted by molar-refractivity contribution is 7.84. The van der Waals surface area contributed by atoms with Gasteiger partial charge in [-0.3, -0.25) is 9.78 Å². The molecule has 0 aliphatic carbocycles. The summed E-state index contributed by atoms with van der Waals surface area (Å²) in [4.78, 5) is 22.6. The summed E-state index contributed by atoms with van der Waals surface area (Å²) in [6, 6.07) is 18.9. The second-order valence-electron chi connectivity index (χ2n) is 11.6. The summed E-state index contributed by atoms with van der Waals surface area (Å²) < 4.78 is 26.0. The summed E-state index contributed by atoms with van der Waals surface area (Å²) in [6.45, 7) is 6.59. The molecule has 10 heteroatoms. The molecular weight excluding hydrogens is 564 g/mol. The van der Waals surface area contributed by atoms with Crippen molar-refractivity contribution in [1.82, 2.24) is 19.6 Å². The van der Waals surface area contributed by atoms with Crippen LogP contribution in [-0.2, 0) is 24.1 Å². The number of aliphatic hydroxyl groups excluding tert-OH is 1. The van der Waals surface area contributed by atoms with Crippen LogP contribution in [0.15, 0.2) is 73.1 Å². The van der Waals surface area contributed by atoms with Gasteiger partial charge in [0.25, 0.3) is 5.91 Å². The van der Waals surface area contributed by atoms with Crippen LogP contribution in [0.2, 0.25) is 0 Å². The second kappa shape index (κ2) is 11.9. The summed E-state index contributed by atoms with van der Waals surface area (Å²) in [5.74, 6) is 1.02. The molecule has 2 aromatic heterocycles. The molecule has 0 radical (unpaired) electrons. The maximum absolute atomic E-state index is 13.7. The SMILES string of the molecule is CC(C)(C)S(=O)N1Cc2cc(C(=O)NCc3ccc4c(c3)OCO4)nc(-c3cccc(-c4ccncc4)c3)c2[C@H]1CCO. The summed E-state index contributed by atoms with van der Waals surface area (Å²) in [7, 11) is -1.35. The third-order valence-electron chi connectivity index (χ3n) is 7.56. The molecular formula is C33H34N4O5S. The van der Waals surface area contributed by atoms with E-state index in [-0.39, 0.29) is 37.6 Å². The number of ether oxygens (including phenoxy) is 2. The van der Waals surface area contributed by atoms with E-state index in [4.69, 9.17) is 14.5 Å². The van der Waals surface area contributed by atoms with Crippen LogP contribution in [0.3, 0.4) is 0 Å². The predicted molar refractivity (Wildman–Crippen MR) is 165 cm³/mol. The van der Waals surface area contributed by atoms with E-state index in [1.807, 2.05) is 79.7 Å². The minimum atomic E-state index is -1.35. The number of pyridine rings is 2. The third kappa shape index (κ3) is 5.90. The van der Waals surface area contributed by atoms with Gasteiger partial charge in [-0.1, -0.05) is 24.3 Å². The van der Waals surface area contributed by atoms with Gasteiger partial charge in [0, 0.05) is 43.2 Å². The highest BCUT2D eigenvalue weighted by Crippen LogP contribution is 2.44. The zero-order chi connectivity index (χ0) is 30.1. The lowest BCUT2D eigenvalue weighted by Gasteiger charge is -2.30. The van der Waals surface area contributed by atoms with Crippen LogP contribution in [0.4, 0.5) is 0 Å². The quantitative estimate of drug-likeness (QED) is 0.288. The number of carbonyl (C=O) groups is 1. The van der Waals surface area contributed by atoms with Gasteiger partial charge in [0.15, 0.2) is 11.5 Å². The van der Waals surface area contributed by atoms with E-state index in [2.05, 4.69) is 10.3 Å². The molecule has 0 saturated heterocycles. The molecule has 6 rings (SSSR count). The average molecular weight is 599 g/mol. The van der Waals surface area contributed by atoms with Crippen LogP contribution >= 0.6 is 0 Å². The number of nitrogens with zero attached hydrogens (tertiary/aromatic N) is 3. The van der Waals surface area contributed by atoms with Gasteiger partial charge < -0.3 is 19.9 Å². The van der Waals surface area contributed by atoms with Gasteiger partial charge in [0.2, 0.25) is 6.79 Å². The average Bonchev–Trinajstić information content (AvgIpc) is 3.63. The number of nitrogens with one attached hydrogen (secondary N) is 1. The van der Waals surface area contributed by atoms with E-state index >= 15 is 0 Å². The minimum absolute atomic E-state index is 0.0732. The highest BCUT2D eigenvalue weighted by atomic mass is 32.2. The molecule has 1 amide bonds. The number of amides is 1. The zero-order valence-corrected chi connectivity index (χ0v) is 25.2. The lowest BCUT2D eigenvalue weighted by molar-refractivity contribution is 0.0945. The minimum Gasteiger partial charge on any atom is -0.454 e. The number of carbonyl (C=O) groups excluding carboxylic acids is 1. The maximum atomic E-state index is 13.7. The number of fused-ring (bicyclic) bond motifs is 2. The molecule has 0 saturated carbocycles. The number of aromatic nitrogens is 2. The van der Waals surface area contributed by atoms with Crippen molar-refractivity contribution in [1.29, 1.82) is 0 Å². The largest absolute Gasteiger partial charge is 0.454 e. The van der Waals surface area contributed by atoms with Crippen molar-refractivity contribution in [3.05, 3.63) is 95.4 Å². The molecule has 2 atom stereocenters. The first-order chi connectivity index (χ1) is 20.7. The van der Waals surface area contributed by atoms with Crippen molar-refractivity contribution in [3.63, 3.8) is 0 Å². The van der Waals surface area contributed by atoms with Crippen molar-refractivity contribution >= 4 is 16.9 Å². The Hall–Kier alpha value is -4.12. The van der Waals surface area contributed by atoms with E-state index in [9.17, 15) is 14.1 Å². The fourth-order valence-electron chi connectivity index (χ4n) is 5.52. The van der Waals surface area contributed by atoms with Gasteiger partial charge in [-0.05, 0) is 85.8 Å². The molecule has 0 bridgehead atoms. The first kappa shape index (κ1) is 29.0. The van der Waals surface area contributed by atoms with Gasteiger partial charge >= 0.3 is 0 Å². The zero-order valence-electron chi connectivity index (χ0n) is 24.4. The Morgan fingerprint density at radius 3 is 2.56 bits per heavy atom. The lowest BCUT2D eigenvalue weighted by atomic mass is 9.94. The number of hydrogen-bond acceptors (Lipinski definition) is 7. The van der Waals surface area contributed by atoms with Crippen LogP contribution < -0.4 is 14.8 Å². The maximum Gasteiger partial charge on any atom is 0.270 e. The third-order valence-corrected chi connectivity index (χ3v) is 9.42. The monoisotopic (exact) mass is 598 g/mol. The van der Waals surface area contributed by atoms with Crippen LogP contribution in [0, 0.1) is 0 Å². The standard InChI is InChI=1S/C33H34N4O5S/c1-33(2,3)43(40)37-19-25-17-26(32(39)35-18-21-7-8-28-29(15-21)42-20-41-28)36-31(30(25)27(37)11-14-38)24-6-4-5-23(16-24)22-9-12-34-13-10-22/h4-10,12-13,15-17,27,38H,11,14,18-20H2,1-3H3,(H,35,39)/t27-,43?/m1/s1. The number of aliphatic hydroxyl groups is 1. The second-order valence-corrected chi connectivity index (χ2v) is 13.8. The molecule has 9 nitrogen and oxygen atoms in total. The number of rotatable bonds is 8. The summed E-state index contributed by atoms with van der Waals surface area (Å²) in [5, 5.41) is 13.0. The Morgan fingerprint density at radius 2 is 1.79 bits per heavy atom. The molecule has 1 unspecified atom stereocenters. The molecule has 2 aliphatic rings. The fraction of sp³-hybridized carbons (Fsp3) is 0.303. The van der Waals surface area contributed by atoms with Crippen molar-refractivity contribution in [3.8, 4) is 33.9 Å². The lowest BCUT2D eigenvalue weighted by Crippen LogP contribution is -2.36. The van der Waals surface area contributed by atoms with Gasteiger partial charge in [-0.25, -0.2) is 13.5 Å². The Bertz CT molecular complexity index is 1690. The fourth-order valence-corrected chi connectivity index (χ4v) is 6.92. The van der Waals surface area contributed by atoms with Crippen LogP contribution in [0.1, 0.15) is 60.4 Å². The van der Waals surface area contributed by atoms with Crippen molar-refractivity contribution in [2.75, 3.05) is 13.4 Å². The molecule has 2 aromatic carbocycles. The summed E-state index contributed by atoms with van der Waals surface area (Å²) >= 11 is 0. The first-order valence-electron chi connectivity index (χ1n) is 14.2. The van der Waals surface area contributed by atoms with Crippen molar-refractivity contribution < 1.29 is 23.6 Å². The molecule has 2 N–H and O–H groups in total. The smallest absolute Gasteiger partial charge is 0.270 e. The summed E-state index contributed by atoms with van der Waals surface area (Å²) in [6.07, 6.45) is 3.89. The van der Waals surface area contributed by atoms with Crippen LogP contribution in [0.5, 0.6) is 11.5 Å². The predicted octanol–water partition coefficient (Wildman–Crippen LogP) is 5.17. The van der Waals surface area contributed by atoms with E-state index < -0.39 is 15.7 Å². The molecule has 4 heterocycles. The molecule has 43 heavy (non-hydrogen) atoms. The van der Waals surface area contributed by atoms with Crippen molar-refractivity contribution in [2.45, 2.75) is 51.1 Å². The van der Waals surface area contributed by atoms with Crippen LogP contribution in [-0.4, -0.2) is 47.6 Å². The molecule has 0 spiro atoms. The Balaban J connectivity index is 1.40. The van der Waals surface area contributed by atoms with Crippen molar-refractivity contribution in [2.24, 2.45) is 0 Å².